The summed E-state index contributed by atoms with van der Waals surface area (Å²) in [5.41, 5.74) is 1.24. The van der Waals surface area contributed by atoms with E-state index in [2.05, 4.69) is 15.9 Å². The van der Waals surface area contributed by atoms with Gasteiger partial charge in [0.25, 0.3) is 0 Å². The lowest BCUT2D eigenvalue weighted by atomic mass is 9.77. The van der Waals surface area contributed by atoms with Crippen molar-refractivity contribution in [3.63, 3.8) is 0 Å². The number of aliphatic hydroxyl groups is 2. The Morgan fingerprint density at radius 1 is 1.00 bits per heavy atom. The molecule has 0 fully saturated rings. The van der Waals surface area contributed by atoms with E-state index in [1.165, 1.54) is 0 Å². The van der Waals surface area contributed by atoms with Crippen LogP contribution in [0.5, 0.6) is 0 Å². The van der Waals surface area contributed by atoms with Crippen LogP contribution in [-0.4, -0.2) is 23.4 Å². The van der Waals surface area contributed by atoms with Crippen LogP contribution in [0, 0.1) is 0 Å². The van der Waals surface area contributed by atoms with Crippen LogP contribution in [0.2, 0.25) is 5.02 Å². The van der Waals surface area contributed by atoms with Crippen molar-refractivity contribution in [3.05, 3.63) is 69.2 Å². The summed E-state index contributed by atoms with van der Waals surface area (Å²) in [6, 6.07) is 15.2. The third-order valence-electron chi connectivity index (χ3n) is 3.50. The summed E-state index contributed by atoms with van der Waals surface area (Å²) in [5.74, 6) is 0. The van der Waals surface area contributed by atoms with Crippen molar-refractivity contribution in [2.45, 2.75) is 11.8 Å². The lowest BCUT2D eigenvalue weighted by Crippen LogP contribution is -2.37. The maximum Gasteiger partial charge on any atom is 0.0553 e. The number of rotatable bonds is 5. The van der Waals surface area contributed by atoms with Crippen molar-refractivity contribution in [3.8, 4) is 0 Å². The molecular weight excluding hydrogens is 340 g/mol. The van der Waals surface area contributed by atoms with Crippen LogP contribution >= 0.6 is 27.5 Å². The molecule has 0 heterocycles. The van der Waals surface area contributed by atoms with E-state index in [4.69, 9.17) is 11.6 Å². The average Bonchev–Trinajstić information content (AvgIpc) is 2.47. The van der Waals surface area contributed by atoms with E-state index in [9.17, 15) is 10.2 Å². The standard InChI is InChI=1S/C16H16BrClO2/c17-14-3-1-2-13(8-14)16(10-19,11-20)9-12-4-6-15(18)7-5-12/h1-8,19-20H,9-11H2. The Morgan fingerprint density at radius 3 is 2.20 bits per heavy atom. The van der Waals surface area contributed by atoms with Gasteiger partial charge in [0.2, 0.25) is 0 Å². The minimum Gasteiger partial charge on any atom is -0.395 e. The van der Waals surface area contributed by atoms with Gasteiger partial charge in [0.05, 0.1) is 13.2 Å². The largest absolute Gasteiger partial charge is 0.395 e. The molecular formula is C16H16BrClO2. The second-order valence-corrected chi connectivity index (χ2v) is 6.26. The van der Waals surface area contributed by atoms with E-state index in [0.717, 1.165) is 15.6 Å². The van der Waals surface area contributed by atoms with Gasteiger partial charge >= 0.3 is 0 Å². The summed E-state index contributed by atoms with van der Waals surface area (Å²) < 4.78 is 0.928. The molecule has 0 saturated carbocycles. The highest BCUT2D eigenvalue weighted by Gasteiger charge is 2.31. The highest BCUT2D eigenvalue weighted by molar-refractivity contribution is 9.10. The molecule has 4 heteroatoms. The molecule has 0 spiro atoms. The van der Waals surface area contributed by atoms with Crippen molar-refractivity contribution >= 4 is 27.5 Å². The fourth-order valence-corrected chi connectivity index (χ4v) is 2.78. The zero-order valence-electron chi connectivity index (χ0n) is 10.9. The molecule has 0 atom stereocenters. The molecule has 0 saturated heterocycles. The monoisotopic (exact) mass is 354 g/mol. The van der Waals surface area contributed by atoms with Crippen molar-refractivity contribution in [2.24, 2.45) is 0 Å². The van der Waals surface area contributed by atoms with E-state index in [-0.39, 0.29) is 13.2 Å². The third kappa shape index (κ3) is 3.41. The van der Waals surface area contributed by atoms with E-state index in [0.29, 0.717) is 11.4 Å². The van der Waals surface area contributed by atoms with Gasteiger partial charge in [0.15, 0.2) is 0 Å². The van der Waals surface area contributed by atoms with E-state index < -0.39 is 5.41 Å². The summed E-state index contributed by atoms with van der Waals surface area (Å²) >= 11 is 9.31. The number of halogens is 2. The first-order valence-corrected chi connectivity index (χ1v) is 7.49. The first-order valence-electron chi connectivity index (χ1n) is 6.32. The molecule has 2 nitrogen and oxygen atoms in total. The maximum atomic E-state index is 9.84. The molecule has 0 amide bonds. The summed E-state index contributed by atoms with van der Waals surface area (Å²) in [6.45, 7) is -0.245. The number of benzene rings is 2. The molecule has 0 aliphatic heterocycles. The summed E-state index contributed by atoms with van der Waals surface area (Å²) in [4.78, 5) is 0. The van der Waals surface area contributed by atoms with Crippen LogP contribution in [0.15, 0.2) is 53.0 Å². The zero-order valence-corrected chi connectivity index (χ0v) is 13.2. The molecule has 0 aliphatic carbocycles. The van der Waals surface area contributed by atoms with Crippen LogP contribution in [0.3, 0.4) is 0 Å². The average molecular weight is 356 g/mol. The highest BCUT2D eigenvalue weighted by atomic mass is 79.9. The SMILES string of the molecule is OCC(CO)(Cc1ccc(Cl)cc1)c1cccc(Br)c1. The molecule has 0 bridgehead atoms. The lowest BCUT2D eigenvalue weighted by molar-refractivity contribution is 0.116. The number of hydrogen-bond donors (Lipinski definition) is 2. The molecule has 2 rings (SSSR count). The van der Waals surface area contributed by atoms with Gasteiger partial charge in [-0.25, -0.2) is 0 Å². The molecule has 0 aliphatic rings. The fraction of sp³-hybridized carbons (Fsp3) is 0.250. The van der Waals surface area contributed by atoms with Crippen molar-refractivity contribution < 1.29 is 10.2 Å². The molecule has 0 aromatic heterocycles. The number of hydrogen-bond acceptors (Lipinski definition) is 2. The summed E-state index contributed by atoms with van der Waals surface area (Å²) in [5, 5.41) is 20.3. The predicted molar refractivity (Wildman–Crippen MR) is 85.1 cm³/mol. The van der Waals surface area contributed by atoms with Crippen molar-refractivity contribution in [1.82, 2.24) is 0 Å². The third-order valence-corrected chi connectivity index (χ3v) is 4.24. The van der Waals surface area contributed by atoms with Gasteiger partial charge in [-0.05, 0) is 41.8 Å². The molecule has 0 radical (unpaired) electrons. The fourth-order valence-electron chi connectivity index (χ4n) is 2.26. The van der Waals surface area contributed by atoms with E-state index in [1.54, 1.807) is 0 Å². The van der Waals surface area contributed by atoms with Gasteiger partial charge in [0, 0.05) is 14.9 Å². The molecule has 2 aromatic rings. The van der Waals surface area contributed by atoms with Crippen LogP contribution in [0.1, 0.15) is 11.1 Å². The van der Waals surface area contributed by atoms with Gasteiger partial charge in [0.1, 0.15) is 0 Å². The molecule has 2 aromatic carbocycles. The zero-order chi connectivity index (χ0) is 14.6. The van der Waals surface area contributed by atoms with Crippen LogP contribution in [0.25, 0.3) is 0 Å². The second-order valence-electron chi connectivity index (χ2n) is 4.91. The summed E-state index contributed by atoms with van der Waals surface area (Å²) in [7, 11) is 0. The predicted octanol–water partition coefficient (Wildman–Crippen LogP) is 3.57. The lowest BCUT2D eigenvalue weighted by Gasteiger charge is -2.31. The van der Waals surface area contributed by atoms with E-state index in [1.807, 2.05) is 48.5 Å². The Balaban J connectivity index is 2.36. The maximum absolute atomic E-state index is 9.84. The van der Waals surface area contributed by atoms with Gasteiger partial charge in [-0.3, -0.25) is 0 Å². The van der Waals surface area contributed by atoms with Crippen molar-refractivity contribution in [1.29, 1.82) is 0 Å². The van der Waals surface area contributed by atoms with Crippen LogP contribution < -0.4 is 0 Å². The van der Waals surface area contributed by atoms with Gasteiger partial charge < -0.3 is 10.2 Å². The Hall–Kier alpha value is -0.870. The minimum atomic E-state index is -0.697. The second kappa shape index (κ2) is 6.72. The Kier molecular flexibility index (Phi) is 5.22. The number of aliphatic hydroxyl groups excluding tert-OH is 2. The topological polar surface area (TPSA) is 40.5 Å². The first-order chi connectivity index (χ1) is 9.59. The van der Waals surface area contributed by atoms with Gasteiger partial charge in [-0.15, -0.1) is 0 Å². The van der Waals surface area contributed by atoms with Gasteiger partial charge in [-0.1, -0.05) is 51.8 Å². The minimum absolute atomic E-state index is 0.122. The molecule has 2 N–H and O–H groups in total. The first kappa shape index (κ1) is 15.5. The smallest absolute Gasteiger partial charge is 0.0553 e. The van der Waals surface area contributed by atoms with E-state index >= 15 is 0 Å². The van der Waals surface area contributed by atoms with Crippen LogP contribution in [-0.2, 0) is 11.8 Å². The summed E-state index contributed by atoms with van der Waals surface area (Å²) in [6.07, 6.45) is 0.549. The molecule has 106 valence electrons. The Morgan fingerprint density at radius 2 is 1.65 bits per heavy atom. The molecule has 0 unspecified atom stereocenters. The van der Waals surface area contributed by atoms with Gasteiger partial charge in [-0.2, -0.15) is 0 Å². The van der Waals surface area contributed by atoms with Crippen molar-refractivity contribution in [2.75, 3.05) is 13.2 Å². The normalized spacial score (nSPS) is 11.6. The Bertz CT molecular complexity index is 565. The quantitative estimate of drug-likeness (QED) is 0.861. The van der Waals surface area contributed by atoms with Crippen LogP contribution in [0.4, 0.5) is 0 Å². The Labute approximate surface area is 132 Å². The highest BCUT2D eigenvalue weighted by Crippen LogP contribution is 2.30. The molecule has 20 heavy (non-hydrogen) atoms.